The minimum Gasteiger partial charge on any atom is -0.493 e. The summed E-state index contributed by atoms with van der Waals surface area (Å²) in [7, 11) is -3.94. The number of halogens is 2. The lowest BCUT2D eigenvalue weighted by Gasteiger charge is -2.22. The topological polar surface area (TPSA) is 75.7 Å². The Hall–Kier alpha value is -2.68. The molecule has 1 N–H and O–H groups in total. The fourth-order valence-corrected chi connectivity index (χ4v) is 3.68. The number of ether oxygens (including phenoxy) is 1. The summed E-state index contributed by atoms with van der Waals surface area (Å²) in [5.74, 6) is -1.67. The second-order valence-electron chi connectivity index (χ2n) is 6.78. The maximum atomic E-state index is 14.0. The summed E-state index contributed by atoms with van der Waals surface area (Å²) in [5, 5.41) is 2.64. The van der Waals surface area contributed by atoms with Crippen LogP contribution in [0, 0.1) is 11.6 Å². The van der Waals surface area contributed by atoms with Gasteiger partial charge in [-0.3, -0.25) is 9.10 Å². The van der Waals surface area contributed by atoms with Gasteiger partial charge in [-0.1, -0.05) is 25.1 Å². The first kappa shape index (κ1) is 23.6. The minimum atomic E-state index is -3.94. The van der Waals surface area contributed by atoms with E-state index < -0.39 is 34.1 Å². The number of aryl methyl sites for hydroxylation is 1. The van der Waals surface area contributed by atoms with Gasteiger partial charge in [-0.15, -0.1) is 0 Å². The highest BCUT2D eigenvalue weighted by Gasteiger charge is 2.23. The Bertz CT molecular complexity index is 967. The fraction of sp³-hybridized carbons (Fsp3) is 0.381. The average Bonchev–Trinajstić information content (AvgIpc) is 2.68. The molecule has 0 atom stereocenters. The van der Waals surface area contributed by atoms with Crippen LogP contribution in [0.1, 0.15) is 25.3 Å². The van der Waals surface area contributed by atoms with E-state index in [4.69, 9.17) is 4.74 Å². The van der Waals surface area contributed by atoms with Gasteiger partial charge in [-0.05, 0) is 43.0 Å². The lowest BCUT2D eigenvalue weighted by Crippen LogP contribution is -2.41. The van der Waals surface area contributed by atoms with Gasteiger partial charge in [-0.25, -0.2) is 17.2 Å². The van der Waals surface area contributed by atoms with Crippen molar-refractivity contribution in [3.8, 4) is 5.75 Å². The molecular formula is C21H26F2N2O4S. The number of carbonyl (C=O) groups is 1. The van der Waals surface area contributed by atoms with Crippen molar-refractivity contribution < 1.29 is 26.7 Å². The molecule has 0 fully saturated rings. The second kappa shape index (κ2) is 10.9. The maximum Gasteiger partial charge on any atom is 0.240 e. The van der Waals surface area contributed by atoms with Crippen molar-refractivity contribution in [1.82, 2.24) is 5.32 Å². The number of para-hydroxylation sites is 1. The zero-order valence-electron chi connectivity index (χ0n) is 17.0. The molecule has 0 radical (unpaired) electrons. The maximum absolute atomic E-state index is 14.0. The predicted molar refractivity (Wildman–Crippen MR) is 112 cm³/mol. The van der Waals surface area contributed by atoms with Gasteiger partial charge in [-0.2, -0.15) is 0 Å². The van der Waals surface area contributed by atoms with Gasteiger partial charge in [0.25, 0.3) is 0 Å². The molecule has 2 aromatic carbocycles. The van der Waals surface area contributed by atoms with Crippen molar-refractivity contribution in [3.05, 3.63) is 59.7 Å². The largest absolute Gasteiger partial charge is 0.493 e. The molecular weight excluding hydrogens is 414 g/mol. The van der Waals surface area contributed by atoms with Crippen LogP contribution >= 0.6 is 0 Å². The van der Waals surface area contributed by atoms with Gasteiger partial charge in [0.05, 0.1) is 18.6 Å². The van der Waals surface area contributed by atoms with Crippen LogP contribution in [-0.4, -0.2) is 40.3 Å². The summed E-state index contributed by atoms with van der Waals surface area (Å²) in [6.07, 6.45) is 3.04. The molecule has 2 aromatic rings. The monoisotopic (exact) mass is 440 g/mol. The van der Waals surface area contributed by atoms with E-state index in [1.807, 2.05) is 31.2 Å². The molecule has 0 saturated carbocycles. The zero-order valence-corrected chi connectivity index (χ0v) is 17.8. The highest BCUT2D eigenvalue weighted by molar-refractivity contribution is 7.92. The number of amides is 1. The third kappa shape index (κ3) is 6.98. The van der Waals surface area contributed by atoms with E-state index in [1.54, 1.807) is 0 Å². The van der Waals surface area contributed by atoms with Gasteiger partial charge in [0, 0.05) is 12.6 Å². The molecule has 0 aromatic heterocycles. The number of rotatable bonds is 11. The van der Waals surface area contributed by atoms with E-state index >= 15 is 0 Å². The molecule has 30 heavy (non-hydrogen) atoms. The van der Waals surface area contributed by atoms with Crippen molar-refractivity contribution in [2.24, 2.45) is 0 Å². The van der Waals surface area contributed by atoms with Crippen LogP contribution in [0.4, 0.5) is 14.5 Å². The SMILES string of the molecule is CCCOc1ccccc1CCCNC(=O)CN(c1ccc(F)cc1F)S(C)(=O)=O. The highest BCUT2D eigenvalue weighted by Crippen LogP contribution is 2.22. The third-order valence-electron chi connectivity index (χ3n) is 4.25. The molecule has 0 saturated heterocycles. The van der Waals surface area contributed by atoms with Crippen LogP contribution in [0.5, 0.6) is 5.75 Å². The Morgan fingerprint density at radius 3 is 2.57 bits per heavy atom. The first-order valence-corrected chi connectivity index (χ1v) is 11.5. The molecule has 0 heterocycles. The van der Waals surface area contributed by atoms with Crippen LogP contribution in [0.2, 0.25) is 0 Å². The zero-order chi connectivity index (χ0) is 22.1. The number of sulfonamides is 1. The van der Waals surface area contributed by atoms with Crippen molar-refractivity contribution in [1.29, 1.82) is 0 Å². The van der Waals surface area contributed by atoms with Gasteiger partial charge in [0.1, 0.15) is 23.9 Å². The first-order valence-electron chi connectivity index (χ1n) is 9.62. The molecule has 0 aliphatic carbocycles. The van der Waals surface area contributed by atoms with E-state index in [0.29, 0.717) is 36.4 Å². The number of benzene rings is 2. The molecule has 9 heteroatoms. The average molecular weight is 441 g/mol. The van der Waals surface area contributed by atoms with Crippen LogP contribution in [0.3, 0.4) is 0 Å². The quantitative estimate of drug-likeness (QED) is 0.544. The van der Waals surface area contributed by atoms with Crippen molar-refractivity contribution >= 4 is 21.6 Å². The molecule has 0 bridgehead atoms. The summed E-state index contributed by atoms with van der Waals surface area (Å²) in [6.45, 7) is 2.35. The third-order valence-corrected chi connectivity index (χ3v) is 5.37. The molecule has 0 aliphatic heterocycles. The van der Waals surface area contributed by atoms with Gasteiger partial charge >= 0.3 is 0 Å². The van der Waals surface area contributed by atoms with E-state index in [0.717, 1.165) is 36.1 Å². The predicted octanol–water partition coefficient (Wildman–Crippen LogP) is 3.27. The second-order valence-corrected chi connectivity index (χ2v) is 8.68. The van der Waals surface area contributed by atoms with Crippen molar-refractivity contribution in [2.45, 2.75) is 26.2 Å². The van der Waals surface area contributed by atoms with Gasteiger partial charge in [0.15, 0.2) is 0 Å². The Morgan fingerprint density at radius 2 is 1.90 bits per heavy atom. The van der Waals surface area contributed by atoms with E-state index in [-0.39, 0.29) is 5.69 Å². The Labute approximate surface area is 175 Å². The van der Waals surface area contributed by atoms with Crippen LogP contribution < -0.4 is 14.4 Å². The number of anilines is 1. The Balaban J connectivity index is 1.93. The molecule has 6 nitrogen and oxygen atoms in total. The number of nitrogens with one attached hydrogen (secondary N) is 1. The Morgan fingerprint density at radius 1 is 1.17 bits per heavy atom. The van der Waals surface area contributed by atoms with Crippen molar-refractivity contribution in [2.75, 3.05) is 30.3 Å². The molecule has 1 amide bonds. The molecule has 164 valence electrons. The van der Waals surface area contributed by atoms with Crippen LogP contribution in [-0.2, 0) is 21.2 Å². The number of carbonyl (C=O) groups excluding carboxylic acids is 1. The number of nitrogens with zero attached hydrogens (tertiary/aromatic N) is 1. The van der Waals surface area contributed by atoms with E-state index in [1.165, 1.54) is 0 Å². The highest BCUT2D eigenvalue weighted by atomic mass is 32.2. The van der Waals surface area contributed by atoms with Crippen molar-refractivity contribution in [3.63, 3.8) is 0 Å². The Kier molecular flexibility index (Phi) is 8.58. The molecule has 0 aliphatic rings. The summed E-state index contributed by atoms with van der Waals surface area (Å²) in [6, 6.07) is 10.2. The number of hydrogen-bond acceptors (Lipinski definition) is 4. The summed E-state index contributed by atoms with van der Waals surface area (Å²) >= 11 is 0. The van der Waals surface area contributed by atoms with Gasteiger partial charge in [0.2, 0.25) is 15.9 Å². The molecule has 2 rings (SSSR count). The standard InChI is InChI=1S/C21H26F2N2O4S/c1-3-13-29-20-9-5-4-7-16(20)8-6-12-24-21(26)15-25(30(2,27)28)19-11-10-17(22)14-18(19)23/h4-5,7,9-11,14H,3,6,8,12-13,15H2,1-2H3,(H,24,26). The smallest absolute Gasteiger partial charge is 0.240 e. The lowest BCUT2D eigenvalue weighted by atomic mass is 10.1. The molecule has 0 spiro atoms. The summed E-state index contributed by atoms with van der Waals surface area (Å²) in [4.78, 5) is 12.2. The first-order chi connectivity index (χ1) is 14.2. The lowest BCUT2D eigenvalue weighted by molar-refractivity contribution is -0.119. The molecule has 0 unspecified atom stereocenters. The minimum absolute atomic E-state index is 0.310. The van der Waals surface area contributed by atoms with Gasteiger partial charge < -0.3 is 10.1 Å². The fourth-order valence-electron chi connectivity index (χ4n) is 2.82. The normalized spacial score (nSPS) is 11.2. The van der Waals surface area contributed by atoms with E-state index in [2.05, 4.69) is 5.32 Å². The van der Waals surface area contributed by atoms with Crippen LogP contribution in [0.25, 0.3) is 0 Å². The number of hydrogen-bond donors (Lipinski definition) is 1. The summed E-state index contributed by atoms with van der Waals surface area (Å²) < 4.78 is 57.5. The van der Waals surface area contributed by atoms with E-state index in [9.17, 15) is 22.0 Å². The summed E-state index contributed by atoms with van der Waals surface area (Å²) in [5.41, 5.74) is 0.641. The van der Waals surface area contributed by atoms with Crippen LogP contribution in [0.15, 0.2) is 42.5 Å².